The fourth-order valence-electron chi connectivity index (χ4n) is 0.313. The molecule has 2 radical (unpaired) electrons. The SMILES string of the molecule is O=C1C[N][C]=C1Cl. The number of hydrogen-bond donors (Lipinski definition) is 0. The third-order valence-corrected chi connectivity index (χ3v) is 0.940. The molecule has 0 N–H and O–H groups in total. The highest BCUT2D eigenvalue weighted by molar-refractivity contribution is 6.43. The maximum absolute atomic E-state index is 10.2. The van der Waals surface area contributed by atoms with Crippen LogP contribution in [0.25, 0.3) is 0 Å². The molecule has 0 amide bonds. The molecule has 3 heteroatoms. The van der Waals surface area contributed by atoms with E-state index in [-0.39, 0.29) is 17.4 Å². The number of carbonyl (C=O) groups excluding carboxylic acids is 1. The number of rotatable bonds is 0. The lowest BCUT2D eigenvalue weighted by Gasteiger charge is -1.76. The Morgan fingerprint density at radius 1 is 1.86 bits per heavy atom. The first-order valence-corrected chi connectivity index (χ1v) is 2.16. The number of hydrogen-bond acceptors (Lipinski definition) is 1. The highest BCUT2D eigenvalue weighted by Crippen LogP contribution is 2.04. The van der Waals surface area contributed by atoms with Gasteiger partial charge in [0.25, 0.3) is 0 Å². The number of ketones is 1. The van der Waals surface area contributed by atoms with E-state index in [1.807, 2.05) is 0 Å². The van der Waals surface area contributed by atoms with E-state index in [0.29, 0.717) is 0 Å². The monoisotopic (exact) mass is 115 g/mol. The van der Waals surface area contributed by atoms with Gasteiger partial charge in [0.05, 0.1) is 0 Å². The molecule has 0 atom stereocenters. The Bertz CT molecular complexity index is 130. The van der Waals surface area contributed by atoms with Gasteiger partial charge < -0.3 is 0 Å². The quantitative estimate of drug-likeness (QED) is 0.439. The second kappa shape index (κ2) is 1.54. The van der Waals surface area contributed by atoms with Gasteiger partial charge in [-0.05, 0) is 0 Å². The van der Waals surface area contributed by atoms with Crippen molar-refractivity contribution in [1.82, 2.24) is 5.32 Å². The number of carbonyl (C=O) groups is 1. The molecule has 0 unspecified atom stereocenters. The molecule has 0 spiro atoms. The van der Waals surface area contributed by atoms with Crippen molar-refractivity contribution < 1.29 is 4.79 Å². The molecule has 0 saturated carbocycles. The van der Waals surface area contributed by atoms with Gasteiger partial charge in [0.1, 0.15) is 17.8 Å². The molecule has 2 nitrogen and oxygen atoms in total. The van der Waals surface area contributed by atoms with Crippen molar-refractivity contribution in [3.05, 3.63) is 11.2 Å². The fraction of sp³-hybridized carbons (Fsp3) is 0.250. The second-order valence-corrected chi connectivity index (χ2v) is 1.54. The van der Waals surface area contributed by atoms with Crippen molar-refractivity contribution in [2.24, 2.45) is 0 Å². The van der Waals surface area contributed by atoms with Gasteiger partial charge in [-0.25, -0.2) is 0 Å². The van der Waals surface area contributed by atoms with Crippen LogP contribution in [0.15, 0.2) is 5.03 Å². The van der Waals surface area contributed by atoms with Gasteiger partial charge in [-0.2, -0.15) is 0 Å². The zero-order valence-corrected chi connectivity index (χ0v) is 4.20. The summed E-state index contributed by atoms with van der Waals surface area (Å²) in [6.45, 7) is 0.179. The van der Waals surface area contributed by atoms with Crippen molar-refractivity contribution in [3.8, 4) is 0 Å². The molecule has 36 valence electrons. The van der Waals surface area contributed by atoms with E-state index in [0.717, 1.165) is 0 Å². The van der Waals surface area contributed by atoms with Crippen LogP contribution in [0.3, 0.4) is 0 Å². The van der Waals surface area contributed by atoms with Gasteiger partial charge in [0.15, 0.2) is 5.78 Å². The molecule has 0 bridgehead atoms. The first kappa shape index (κ1) is 4.65. The van der Waals surface area contributed by atoms with Crippen molar-refractivity contribution >= 4 is 17.4 Å². The molecule has 1 rings (SSSR count). The minimum Gasteiger partial charge on any atom is -0.291 e. The molecule has 1 aliphatic rings. The zero-order valence-electron chi connectivity index (χ0n) is 3.44. The summed E-state index contributed by atoms with van der Waals surface area (Å²) in [6.07, 6.45) is 2.33. The van der Waals surface area contributed by atoms with E-state index in [9.17, 15) is 4.79 Å². The van der Waals surface area contributed by atoms with Crippen LogP contribution in [0.5, 0.6) is 0 Å². The lowest BCUT2D eigenvalue weighted by atomic mass is 10.4. The summed E-state index contributed by atoms with van der Waals surface area (Å²) in [7, 11) is 0. The smallest absolute Gasteiger partial charge is 0.197 e. The Labute approximate surface area is 46.2 Å². The summed E-state index contributed by atoms with van der Waals surface area (Å²) >= 11 is 5.22. The third-order valence-electron chi connectivity index (χ3n) is 0.645. The predicted octanol–water partition coefficient (Wildman–Crippen LogP) is 0.0569. The van der Waals surface area contributed by atoms with E-state index >= 15 is 0 Å². The van der Waals surface area contributed by atoms with E-state index in [1.54, 1.807) is 0 Å². The van der Waals surface area contributed by atoms with E-state index in [2.05, 4.69) is 11.5 Å². The van der Waals surface area contributed by atoms with Gasteiger partial charge in [-0.1, -0.05) is 11.6 Å². The zero-order chi connectivity index (χ0) is 5.28. The van der Waals surface area contributed by atoms with Crippen LogP contribution in [0.4, 0.5) is 0 Å². The first-order chi connectivity index (χ1) is 3.30. The standard InChI is InChI=1S/C4H2ClNO/c5-3-1-6-2-4(3)7/h2H2. The molecule has 1 heterocycles. The van der Waals surface area contributed by atoms with Gasteiger partial charge in [0, 0.05) is 0 Å². The van der Waals surface area contributed by atoms with Crippen LogP contribution in [-0.4, -0.2) is 12.3 Å². The molecule has 0 aromatic rings. The molecular weight excluding hydrogens is 114 g/mol. The van der Waals surface area contributed by atoms with E-state index in [4.69, 9.17) is 11.6 Å². The Kier molecular flexibility index (Phi) is 1.02. The average Bonchev–Trinajstić information content (AvgIpc) is 1.91. The summed E-state index contributed by atoms with van der Waals surface area (Å²) in [6, 6.07) is 0. The van der Waals surface area contributed by atoms with Crippen molar-refractivity contribution in [1.29, 1.82) is 0 Å². The van der Waals surface area contributed by atoms with Crippen LogP contribution >= 0.6 is 11.6 Å². The van der Waals surface area contributed by atoms with Crippen molar-refractivity contribution in [2.45, 2.75) is 0 Å². The second-order valence-electron chi connectivity index (χ2n) is 1.17. The Morgan fingerprint density at radius 2 is 2.57 bits per heavy atom. The molecule has 7 heavy (non-hydrogen) atoms. The van der Waals surface area contributed by atoms with E-state index in [1.165, 1.54) is 0 Å². The molecule has 0 aromatic carbocycles. The number of halogens is 1. The van der Waals surface area contributed by atoms with Crippen LogP contribution in [-0.2, 0) is 4.79 Å². The maximum atomic E-state index is 10.2. The van der Waals surface area contributed by atoms with Crippen LogP contribution < -0.4 is 5.32 Å². The molecule has 0 aliphatic carbocycles. The summed E-state index contributed by atoms with van der Waals surface area (Å²) in [4.78, 5) is 10.2. The predicted molar refractivity (Wildman–Crippen MR) is 24.6 cm³/mol. The summed E-state index contributed by atoms with van der Waals surface area (Å²) in [5.74, 6) is -0.137. The Hall–Kier alpha value is -0.500. The number of Topliss-reactive ketones (excluding diaryl/α,β-unsaturated/α-hetero) is 1. The van der Waals surface area contributed by atoms with Gasteiger partial charge in [-0.15, -0.1) is 0 Å². The Morgan fingerprint density at radius 3 is 2.71 bits per heavy atom. The van der Waals surface area contributed by atoms with Crippen LogP contribution in [0, 0.1) is 6.20 Å². The number of nitrogens with zero attached hydrogens (tertiary/aromatic N) is 1. The first-order valence-electron chi connectivity index (χ1n) is 1.79. The lowest BCUT2D eigenvalue weighted by molar-refractivity contribution is -0.113. The minimum absolute atomic E-state index is 0.125. The van der Waals surface area contributed by atoms with Gasteiger partial charge in [0.2, 0.25) is 0 Å². The van der Waals surface area contributed by atoms with Crippen molar-refractivity contribution in [3.63, 3.8) is 0 Å². The molecule has 0 aromatic heterocycles. The highest BCUT2D eigenvalue weighted by atomic mass is 35.5. The molecular formula is C4H2ClNO. The maximum Gasteiger partial charge on any atom is 0.197 e. The largest absolute Gasteiger partial charge is 0.291 e. The topological polar surface area (TPSA) is 31.2 Å². The van der Waals surface area contributed by atoms with Crippen LogP contribution in [0.1, 0.15) is 0 Å². The highest BCUT2D eigenvalue weighted by Gasteiger charge is 2.12. The molecule has 1 aliphatic heterocycles. The van der Waals surface area contributed by atoms with Crippen molar-refractivity contribution in [2.75, 3.05) is 6.54 Å². The normalized spacial score (nSPS) is 19.0. The Balaban J connectivity index is 2.72. The van der Waals surface area contributed by atoms with E-state index < -0.39 is 0 Å². The van der Waals surface area contributed by atoms with Gasteiger partial charge >= 0.3 is 0 Å². The fourth-order valence-corrected chi connectivity index (χ4v) is 0.432. The third kappa shape index (κ3) is 0.747. The summed E-state index contributed by atoms with van der Waals surface area (Å²) in [5.41, 5.74) is 0. The van der Waals surface area contributed by atoms with Crippen LogP contribution in [0.2, 0.25) is 0 Å². The summed E-state index contributed by atoms with van der Waals surface area (Å²) < 4.78 is 0. The molecule has 0 saturated heterocycles. The average molecular weight is 116 g/mol. The van der Waals surface area contributed by atoms with Gasteiger partial charge in [-0.3, -0.25) is 10.1 Å². The minimum atomic E-state index is -0.137. The lowest BCUT2D eigenvalue weighted by Crippen LogP contribution is -2.01. The molecule has 0 fully saturated rings. The summed E-state index contributed by atoms with van der Waals surface area (Å²) in [5, 5.41) is 3.60.